The highest BCUT2D eigenvalue weighted by atomic mass is 32.2. The molecule has 0 unspecified atom stereocenters. The Morgan fingerprint density at radius 2 is 1.92 bits per heavy atom. The van der Waals surface area contributed by atoms with Crippen molar-refractivity contribution in [2.45, 2.75) is 38.1 Å². The topological polar surface area (TPSA) is 75.4 Å². The molecule has 0 atom stereocenters. The Balaban J connectivity index is 1.87. The number of nitrogens with one attached hydrogen (secondary N) is 1. The van der Waals surface area contributed by atoms with Crippen molar-refractivity contribution in [2.24, 2.45) is 0 Å². The molecular formula is C17H25N3O3S. The van der Waals surface area contributed by atoms with Gasteiger partial charge >= 0.3 is 0 Å². The number of hydrogen-bond acceptors (Lipinski definition) is 5. The lowest BCUT2D eigenvalue weighted by Gasteiger charge is -2.16. The van der Waals surface area contributed by atoms with Gasteiger partial charge in [0.05, 0.1) is 4.90 Å². The van der Waals surface area contributed by atoms with Crippen LogP contribution < -0.4 is 4.72 Å². The molecule has 0 saturated carbocycles. The van der Waals surface area contributed by atoms with Gasteiger partial charge in [-0.25, -0.2) is 13.1 Å². The lowest BCUT2D eigenvalue weighted by atomic mass is 10.0. The fourth-order valence-corrected chi connectivity index (χ4v) is 3.38. The fourth-order valence-electron chi connectivity index (χ4n) is 2.36. The van der Waals surface area contributed by atoms with Crippen molar-refractivity contribution < 1.29 is 12.9 Å². The van der Waals surface area contributed by atoms with Gasteiger partial charge < -0.3 is 4.52 Å². The third-order valence-electron chi connectivity index (χ3n) is 3.83. The number of aromatic nitrogens is 1. The molecule has 1 heterocycles. The van der Waals surface area contributed by atoms with E-state index in [1.165, 1.54) is 0 Å². The first-order valence-corrected chi connectivity index (χ1v) is 9.46. The Labute approximate surface area is 143 Å². The van der Waals surface area contributed by atoms with Gasteiger partial charge in [-0.15, -0.1) is 0 Å². The molecule has 0 fully saturated rings. The molecule has 2 aromatic rings. The molecule has 2 rings (SSSR count). The molecule has 0 aliphatic carbocycles. The summed E-state index contributed by atoms with van der Waals surface area (Å²) in [6.07, 6.45) is 1.67. The van der Waals surface area contributed by atoms with Crippen molar-refractivity contribution in [1.82, 2.24) is 14.8 Å². The quantitative estimate of drug-likeness (QED) is 0.791. The monoisotopic (exact) mass is 351 g/mol. The van der Waals surface area contributed by atoms with E-state index in [4.69, 9.17) is 4.52 Å². The molecule has 1 aromatic heterocycles. The van der Waals surface area contributed by atoms with Crippen LogP contribution in [0.5, 0.6) is 0 Å². The van der Waals surface area contributed by atoms with Crippen molar-refractivity contribution in [3.05, 3.63) is 47.3 Å². The molecule has 132 valence electrons. The predicted octanol–water partition coefficient (Wildman–Crippen LogP) is 2.52. The summed E-state index contributed by atoms with van der Waals surface area (Å²) in [6.45, 7) is 7.64. The lowest BCUT2D eigenvalue weighted by Crippen LogP contribution is -2.33. The Bertz CT molecular complexity index is 752. The normalized spacial score (nSPS) is 12.2. The summed E-state index contributed by atoms with van der Waals surface area (Å²) in [6, 6.07) is 6.81. The van der Waals surface area contributed by atoms with E-state index >= 15 is 0 Å². The average Bonchev–Trinajstić information content (AvgIpc) is 2.95. The van der Waals surface area contributed by atoms with Gasteiger partial charge in [0.25, 0.3) is 0 Å². The molecule has 1 N–H and O–H groups in total. The summed E-state index contributed by atoms with van der Waals surface area (Å²) >= 11 is 0. The van der Waals surface area contributed by atoms with Gasteiger partial charge in [0.15, 0.2) is 0 Å². The number of aryl methyl sites for hydroxylation is 1. The molecule has 0 aliphatic heterocycles. The highest BCUT2D eigenvalue weighted by Gasteiger charge is 2.15. The number of hydrogen-bond donors (Lipinski definition) is 1. The number of sulfonamides is 1. The van der Waals surface area contributed by atoms with E-state index < -0.39 is 10.0 Å². The second kappa shape index (κ2) is 7.92. The Kier molecular flexibility index (Phi) is 6.15. The van der Waals surface area contributed by atoms with Crippen LogP contribution >= 0.6 is 0 Å². The van der Waals surface area contributed by atoms with E-state index in [-0.39, 0.29) is 4.90 Å². The number of benzene rings is 1. The molecular weight excluding hydrogens is 326 g/mol. The standard InChI is InChI=1S/C17H25N3O3S/c1-13(2)16-12-23-19-17(16)11-20(4)10-9-18-24(21,22)15-7-5-14(3)6-8-15/h5-8,12-13,18H,9-11H2,1-4H3. The minimum Gasteiger partial charge on any atom is -0.364 e. The second-order valence-electron chi connectivity index (χ2n) is 6.32. The zero-order valence-electron chi connectivity index (χ0n) is 14.6. The minimum absolute atomic E-state index is 0.286. The smallest absolute Gasteiger partial charge is 0.240 e. The molecule has 0 spiro atoms. The average molecular weight is 351 g/mol. The van der Waals surface area contributed by atoms with Crippen LogP contribution in [0.2, 0.25) is 0 Å². The summed E-state index contributed by atoms with van der Waals surface area (Å²) in [5.74, 6) is 0.347. The highest BCUT2D eigenvalue weighted by Crippen LogP contribution is 2.19. The van der Waals surface area contributed by atoms with Crippen LogP contribution in [0.25, 0.3) is 0 Å². The zero-order valence-corrected chi connectivity index (χ0v) is 15.4. The summed E-state index contributed by atoms with van der Waals surface area (Å²) < 4.78 is 32.1. The first-order chi connectivity index (χ1) is 11.3. The van der Waals surface area contributed by atoms with E-state index in [9.17, 15) is 8.42 Å². The van der Waals surface area contributed by atoms with Gasteiger partial charge in [-0.05, 0) is 32.0 Å². The van der Waals surface area contributed by atoms with Crippen LogP contribution in [0.15, 0.2) is 39.9 Å². The molecule has 24 heavy (non-hydrogen) atoms. The van der Waals surface area contributed by atoms with E-state index in [1.807, 2.05) is 18.9 Å². The predicted molar refractivity (Wildman–Crippen MR) is 93.3 cm³/mol. The molecule has 6 nitrogen and oxygen atoms in total. The Hall–Kier alpha value is -1.70. The van der Waals surface area contributed by atoms with Gasteiger partial charge in [-0.3, -0.25) is 4.90 Å². The molecule has 0 aliphatic rings. The van der Waals surface area contributed by atoms with E-state index in [0.717, 1.165) is 16.8 Å². The first kappa shape index (κ1) is 18.6. The number of nitrogens with zero attached hydrogens (tertiary/aromatic N) is 2. The van der Waals surface area contributed by atoms with Gasteiger partial charge in [-0.2, -0.15) is 0 Å². The van der Waals surface area contributed by atoms with Crippen molar-refractivity contribution >= 4 is 10.0 Å². The summed E-state index contributed by atoms with van der Waals surface area (Å²) in [4.78, 5) is 2.30. The molecule has 0 radical (unpaired) electrons. The number of rotatable bonds is 8. The van der Waals surface area contributed by atoms with E-state index in [2.05, 4.69) is 23.7 Å². The molecule has 7 heteroatoms. The largest absolute Gasteiger partial charge is 0.364 e. The van der Waals surface area contributed by atoms with Crippen LogP contribution in [0.3, 0.4) is 0 Å². The van der Waals surface area contributed by atoms with Crippen LogP contribution in [-0.2, 0) is 16.6 Å². The molecule has 0 saturated heterocycles. The summed E-state index contributed by atoms with van der Waals surface area (Å²) in [5, 5.41) is 4.03. The van der Waals surface area contributed by atoms with E-state index in [1.54, 1.807) is 30.5 Å². The van der Waals surface area contributed by atoms with Gasteiger partial charge in [0, 0.05) is 25.2 Å². The molecule has 1 aromatic carbocycles. The maximum Gasteiger partial charge on any atom is 0.240 e. The lowest BCUT2D eigenvalue weighted by molar-refractivity contribution is 0.314. The fraction of sp³-hybridized carbons (Fsp3) is 0.471. The van der Waals surface area contributed by atoms with Crippen molar-refractivity contribution in [2.75, 3.05) is 20.1 Å². The van der Waals surface area contributed by atoms with Crippen LogP contribution in [0.4, 0.5) is 0 Å². The van der Waals surface area contributed by atoms with Gasteiger partial charge in [-0.1, -0.05) is 36.7 Å². The minimum atomic E-state index is -3.47. The third kappa shape index (κ3) is 4.90. The highest BCUT2D eigenvalue weighted by molar-refractivity contribution is 7.89. The Morgan fingerprint density at radius 3 is 2.54 bits per heavy atom. The van der Waals surface area contributed by atoms with Crippen molar-refractivity contribution in [3.8, 4) is 0 Å². The maximum absolute atomic E-state index is 12.2. The van der Waals surface area contributed by atoms with Crippen molar-refractivity contribution in [3.63, 3.8) is 0 Å². The van der Waals surface area contributed by atoms with Gasteiger partial charge in [0.1, 0.15) is 12.0 Å². The van der Waals surface area contributed by atoms with Gasteiger partial charge in [0.2, 0.25) is 10.0 Å². The molecule has 0 bridgehead atoms. The molecule has 0 amide bonds. The first-order valence-electron chi connectivity index (χ1n) is 7.97. The van der Waals surface area contributed by atoms with Crippen LogP contribution in [-0.4, -0.2) is 38.6 Å². The summed E-state index contributed by atoms with van der Waals surface area (Å²) in [7, 11) is -1.54. The maximum atomic E-state index is 12.2. The van der Waals surface area contributed by atoms with Crippen molar-refractivity contribution in [1.29, 1.82) is 0 Å². The third-order valence-corrected chi connectivity index (χ3v) is 5.31. The van der Waals surface area contributed by atoms with Crippen LogP contribution in [0, 0.1) is 6.92 Å². The number of likely N-dealkylation sites (N-methyl/N-ethyl adjacent to an activating group) is 1. The second-order valence-corrected chi connectivity index (χ2v) is 8.09. The Morgan fingerprint density at radius 1 is 1.25 bits per heavy atom. The SMILES string of the molecule is Cc1ccc(S(=O)(=O)NCCN(C)Cc2nocc2C(C)C)cc1. The van der Waals surface area contributed by atoms with E-state index in [0.29, 0.717) is 25.6 Å². The zero-order chi connectivity index (χ0) is 17.7. The van der Waals surface area contributed by atoms with Crippen LogP contribution in [0.1, 0.15) is 36.6 Å². The summed E-state index contributed by atoms with van der Waals surface area (Å²) in [5.41, 5.74) is 3.01.